The van der Waals surface area contributed by atoms with Gasteiger partial charge in [-0.05, 0) is 6.92 Å². The van der Waals surface area contributed by atoms with Crippen LogP contribution in [0.2, 0.25) is 0 Å². The number of hydrogen-bond donors (Lipinski definition) is 0. The number of alkyl halides is 1. The maximum absolute atomic E-state index is 13.1. The average Bonchev–Trinajstić information content (AvgIpc) is 1.62. The van der Waals surface area contributed by atoms with E-state index in [-0.39, 0.29) is 0 Å². The van der Waals surface area contributed by atoms with Crippen LogP contribution in [0.3, 0.4) is 0 Å². The van der Waals surface area contributed by atoms with E-state index in [9.17, 15) is 12.8 Å². The van der Waals surface area contributed by atoms with Gasteiger partial charge in [0.1, 0.15) is 0 Å². The van der Waals surface area contributed by atoms with Crippen LogP contribution < -0.4 is 0 Å². The van der Waals surface area contributed by atoms with Crippen LogP contribution >= 0.6 is 0 Å². The molecule has 1 unspecified atom stereocenters. The second-order valence-electron chi connectivity index (χ2n) is 2.91. The van der Waals surface area contributed by atoms with Crippen molar-refractivity contribution in [3.8, 4) is 0 Å². The van der Waals surface area contributed by atoms with E-state index in [1.54, 1.807) is 13.8 Å². The summed E-state index contributed by atoms with van der Waals surface area (Å²) in [4.78, 5) is 0. The van der Waals surface area contributed by atoms with Gasteiger partial charge in [0.25, 0.3) is 0 Å². The van der Waals surface area contributed by atoms with Crippen LogP contribution in [0.5, 0.6) is 0 Å². The molecule has 0 aromatic carbocycles. The zero-order chi connectivity index (χ0) is 8.58. The fourth-order valence-corrected chi connectivity index (χ4v) is 1.28. The van der Waals surface area contributed by atoms with Crippen LogP contribution in [0.15, 0.2) is 0 Å². The highest BCUT2D eigenvalue weighted by atomic mass is 32.2. The molecule has 0 aromatic rings. The summed E-state index contributed by atoms with van der Waals surface area (Å²) in [5.41, 5.74) is 0. The second-order valence-corrected chi connectivity index (χ2v) is 5.26. The highest BCUT2D eigenvalue weighted by molar-refractivity contribution is 7.91. The van der Waals surface area contributed by atoms with Crippen molar-refractivity contribution in [1.29, 1.82) is 0 Å². The third-order valence-corrected chi connectivity index (χ3v) is 3.68. The molecule has 0 saturated heterocycles. The van der Waals surface area contributed by atoms with Crippen LogP contribution in [0.4, 0.5) is 4.39 Å². The summed E-state index contributed by atoms with van der Waals surface area (Å²) in [6.45, 7) is 4.18. The summed E-state index contributed by atoms with van der Waals surface area (Å²) in [6, 6.07) is 0. The van der Waals surface area contributed by atoms with E-state index < -0.39 is 20.8 Å². The molecule has 0 spiro atoms. The summed E-state index contributed by atoms with van der Waals surface area (Å²) in [5.74, 6) is -0.498. The molecule has 0 aliphatic heterocycles. The Balaban J connectivity index is 4.76. The largest absolute Gasteiger partial charge is 0.226 e. The highest BCUT2D eigenvalue weighted by Crippen LogP contribution is 2.26. The summed E-state index contributed by atoms with van der Waals surface area (Å²) < 4.78 is 34.6. The first-order valence-corrected chi connectivity index (χ1v) is 4.97. The predicted molar refractivity (Wildman–Crippen MR) is 39.2 cm³/mol. The Kier molecular flexibility index (Phi) is 2.46. The van der Waals surface area contributed by atoms with E-state index in [1.807, 2.05) is 0 Å². The number of halogens is 1. The molecular formula is C6H13FO2S. The van der Waals surface area contributed by atoms with Crippen LogP contribution in [-0.2, 0) is 9.84 Å². The average molecular weight is 168 g/mol. The maximum atomic E-state index is 13.1. The molecule has 4 heteroatoms. The van der Waals surface area contributed by atoms with Crippen molar-refractivity contribution in [2.75, 3.05) is 6.26 Å². The Morgan fingerprint density at radius 3 is 1.70 bits per heavy atom. The molecule has 0 aliphatic carbocycles. The molecule has 62 valence electrons. The molecule has 0 aromatic heterocycles. The first-order chi connectivity index (χ1) is 4.19. The molecule has 0 amide bonds. The van der Waals surface area contributed by atoms with E-state index >= 15 is 0 Å². The van der Waals surface area contributed by atoms with Crippen LogP contribution in [0.25, 0.3) is 0 Å². The lowest BCUT2D eigenvalue weighted by Gasteiger charge is -2.21. The van der Waals surface area contributed by atoms with Gasteiger partial charge in [-0.25, -0.2) is 12.8 Å². The maximum Gasteiger partial charge on any atom is 0.209 e. The van der Waals surface area contributed by atoms with Gasteiger partial charge < -0.3 is 0 Å². The molecule has 0 aliphatic rings. The predicted octanol–water partition coefficient (Wildman–Crippen LogP) is 1.37. The van der Waals surface area contributed by atoms with Crippen molar-refractivity contribution in [1.82, 2.24) is 0 Å². The van der Waals surface area contributed by atoms with Gasteiger partial charge in [0, 0.05) is 12.2 Å². The quantitative estimate of drug-likeness (QED) is 0.624. The third kappa shape index (κ3) is 1.68. The monoisotopic (exact) mass is 168 g/mol. The normalized spacial score (nSPS) is 19.0. The number of hydrogen-bond acceptors (Lipinski definition) is 2. The third-order valence-electron chi connectivity index (χ3n) is 1.76. The van der Waals surface area contributed by atoms with Crippen molar-refractivity contribution in [3.05, 3.63) is 0 Å². The molecule has 10 heavy (non-hydrogen) atoms. The molecular weight excluding hydrogens is 155 g/mol. The van der Waals surface area contributed by atoms with E-state index in [0.29, 0.717) is 0 Å². The molecule has 0 radical (unpaired) electrons. The van der Waals surface area contributed by atoms with Crippen LogP contribution in [0.1, 0.15) is 20.8 Å². The zero-order valence-electron chi connectivity index (χ0n) is 6.68. The minimum Gasteiger partial charge on any atom is -0.226 e. The van der Waals surface area contributed by atoms with E-state index in [4.69, 9.17) is 0 Å². The van der Waals surface area contributed by atoms with Gasteiger partial charge in [-0.1, -0.05) is 13.8 Å². The van der Waals surface area contributed by atoms with Gasteiger partial charge in [0.2, 0.25) is 5.00 Å². The first-order valence-electron chi connectivity index (χ1n) is 3.08. The Labute approximate surface area is 61.4 Å². The molecule has 0 N–H and O–H groups in total. The zero-order valence-corrected chi connectivity index (χ0v) is 7.50. The van der Waals surface area contributed by atoms with Crippen molar-refractivity contribution in [2.45, 2.75) is 25.8 Å². The minimum absolute atomic E-state index is 0.498. The van der Waals surface area contributed by atoms with Crippen molar-refractivity contribution in [3.63, 3.8) is 0 Å². The Morgan fingerprint density at radius 1 is 1.40 bits per heavy atom. The fourth-order valence-electron chi connectivity index (χ4n) is 0.428. The van der Waals surface area contributed by atoms with E-state index in [2.05, 4.69) is 0 Å². The summed E-state index contributed by atoms with van der Waals surface area (Å²) >= 11 is 0. The SMILES string of the molecule is CC(C)C(C)(F)S(C)(=O)=O. The van der Waals surface area contributed by atoms with Crippen molar-refractivity contribution in [2.24, 2.45) is 5.92 Å². The lowest BCUT2D eigenvalue weighted by atomic mass is 10.1. The fraction of sp³-hybridized carbons (Fsp3) is 1.00. The van der Waals surface area contributed by atoms with Crippen LogP contribution in [-0.4, -0.2) is 19.7 Å². The number of sulfone groups is 1. The molecule has 0 bridgehead atoms. The summed E-state index contributed by atoms with van der Waals surface area (Å²) in [6.07, 6.45) is 0.910. The van der Waals surface area contributed by atoms with E-state index in [0.717, 1.165) is 13.2 Å². The molecule has 0 rings (SSSR count). The molecule has 1 atom stereocenters. The standard InChI is InChI=1S/C6H13FO2S/c1-5(2)6(3,7)10(4,8)9/h5H,1-4H3. The molecule has 0 fully saturated rings. The van der Waals surface area contributed by atoms with Gasteiger partial charge in [-0.3, -0.25) is 0 Å². The van der Waals surface area contributed by atoms with E-state index in [1.165, 1.54) is 0 Å². The van der Waals surface area contributed by atoms with Crippen molar-refractivity contribution < 1.29 is 12.8 Å². The van der Waals surface area contributed by atoms with Gasteiger partial charge in [0.15, 0.2) is 9.84 Å². The highest BCUT2D eigenvalue weighted by Gasteiger charge is 2.38. The van der Waals surface area contributed by atoms with Gasteiger partial charge in [-0.2, -0.15) is 0 Å². The van der Waals surface area contributed by atoms with Crippen LogP contribution in [0, 0.1) is 5.92 Å². The Morgan fingerprint density at radius 2 is 1.70 bits per heavy atom. The lowest BCUT2D eigenvalue weighted by molar-refractivity contribution is 0.220. The Hall–Kier alpha value is -0.120. The van der Waals surface area contributed by atoms with Gasteiger partial charge in [0.05, 0.1) is 0 Å². The molecule has 0 heterocycles. The number of rotatable bonds is 2. The summed E-state index contributed by atoms with van der Waals surface area (Å²) in [7, 11) is -3.57. The second kappa shape index (κ2) is 2.49. The van der Waals surface area contributed by atoms with Gasteiger partial charge in [-0.15, -0.1) is 0 Å². The van der Waals surface area contributed by atoms with Crippen molar-refractivity contribution >= 4 is 9.84 Å². The molecule has 2 nitrogen and oxygen atoms in total. The summed E-state index contributed by atoms with van der Waals surface area (Å²) in [5, 5.41) is -2.09. The topological polar surface area (TPSA) is 34.1 Å². The Bertz CT molecular complexity index is 204. The molecule has 0 saturated carbocycles. The first kappa shape index (κ1) is 9.88. The lowest BCUT2D eigenvalue weighted by Crippen LogP contribution is -2.34. The smallest absolute Gasteiger partial charge is 0.209 e. The van der Waals surface area contributed by atoms with Gasteiger partial charge >= 0.3 is 0 Å². The minimum atomic E-state index is -3.57.